The minimum Gasteiger partial charge on any atom is -0.391 e. The van der Waals surface area contributed by atoms with Gasteiger partial charge in [-0.05, 0) is 18.4 Å². The summed E-state index contributed by atoms with van der Waals surface area (Å²) in [6, 6.07) is 2.05. The van der Waals surface area contributed by atoms with Crippen LogP contribution in [0.4, 0.5) is 5.82 Å². The van der Waals surface area contributed by atoms with E-state index in [0.29, 0.717) is 12.5 Å². The van der Waals surface area contributed by atoms with Crippen molar-refractivity contribution in [3.63, 3.8) is 0 Å². The molecule has 5 nitrogen and oxygen atoms in total. The van der Waals surface area contributed by atoms with Crippen LogP contribution in [0.3, 0.4) is 0 Å². The summed E-state index contributed by atoms with van der Waals surface area (Å²) < 4.78 is 1.83. The summed E-state index contributed by atoms with van der Waals surface area (Å²) in [5, 5.41) is 17.5. The summed E-state index contributed by atoms with van der Waals surface area (Å²) in [5.74, 6) is 1.16. The third-order valence-corrected chi connectivity index (χ3v) is 3.13. The van der Waals surface area contributed by atoms with Crippen molar-refractivity contribution in [1.82, 2.24) is 14.6 Å². The monoisotopic (exact) mass is 262 g/mol. The van der Waals surface area contributed by atoms with Crippen LogP contribution in [-0.4, -0.2) is 32.4 Å². The number of nitrogens with one attached hydrogen (secondary N) is 1. The van der Waals surface area contributed by atoms with E-state index in [-0.39, 0.29) is 6.10 Å². The van der Waals surface area contributed by atoms with Gasteiger partial charge in [-0.2, -0.15) is 5.10 Å². The topological polar surface area (TPSA) is 62.5 Å². The molecule has 0 aliphatic carbocycles. The number of aromatic nitrogens is 3. The number of nitrogens with zero attached hydrogens (tertiary/aromatic N) is 3. The molecule has 0 bridgehead atoms. The molecule has 0 spiro atoms. The Hall–Kier alpha value is -1.62. The molecule has 2 rings (SSSR count). The first-order valence-corrected chi connectivity index (χ1v) is 6.88. The van der Waals surface area contributed by atoms with Gasteiger partial charge in [0.2, 0.25) is 0 Å². The van der Waals surface area contributed by atoms with Crippen molar-refractivity contribution in [3.8, 4) is 0 Å². The fourth-order valence-electron chi connectivity index (χ4n) is 2.01. The van der Waals surface area contributed by atoms with Gasteiger partial charge < -0.3 is 10.4 Å². The number of rotatable bonds is 6. The Bertz CT molecular complexity index is 535. The summed E-state index contributed by atoms with van der Waals surface area (Å²) in [4.78, 5) is 4.33. The van der Waals surface area contributed by atoms with Crippen molar-refractivity contribution in [2.45, 2.75) is 45.6 Å². The molecule has 2 heterocycles. The van der Waals surface area contributed by atoms with Gasteiger partial charge in [0.15, 0.2) is 5.82 Å². The van der Waals surface area contributed by atoms with Crippen molar-refractivity contribution >= 4 is 11.3 Å². The standard InChI is InChI=1S/C14H22N4O/c1-4-5-11(19)9-16-14-13-8-12(10(2)3)17-18(13)7-6-15-14/h6-8,10-11,19H,4-5,9H2,1-3H3,(H,15,16). The Balaban J connectivity index is 2.18. The van der Waals surface area contributed by atoms with Gasteiger partial charge in [-0.3, -0.25) is 0 Å². The molecule has 1 unspecified atom stereocenters. The summed E-state index contributed by atoms with van der Waals surface area (Å²) >= 11 is 0. The molecule has 5 heteroatoms. The normalized spacial score (nSPS) is 13.1. The van der Waals surface area contributed by atoms with Crippen molar-refractivity contribution < 1.29 is 5.11 Å². The van der Waals surface area contributed by atoms with Crippen LogP contribution in [0.25, 0.3) is 5.52 Å². The maximum atomic E-state index is 9.76. The highest BCUT2D eigenvalue weighted by molar-refractivity contribution is 5.67. The minimum absolute atomic E-state index is 0.334. The summed E-state index contributed by atoms with van der Waals surface area (Å²) in [6.45, 7) is 6.82. The zero-order chi connectivity index (χ0) is 13.8. The molecule has 19 heavy (non-hydrogen) atoms. The van der Waals surface area contributed by atoms with E-state index in [9.17, 15) is 5.11 Å². The van der Waals surface area contributed by atoms with Crippen LogP contribution in [0.15, 0.2) is 18.5 Å². The molecule has 1 atom stereocenters. The Kier molecular flexibility index (Phi) is 4.37. The number of aliphatic hydroxyl groups is 1. The largest absolute Gasteiger partial charge is 0.391 e. The van der Waals surface area contributed by atoms with Gasteiger partial charge in [-0.1, -0.05) is 27.2 Å². The number of fused-ring (bicyclic) bond motifs is 1. The highest BCUT2D eigenvalue weighted by atomic mass is 16.3. The van der Waals surface area contributed by atoms with E-state index in [2.05, 4.69) is 36.2 Å². The first-order chi connectivity index (χ1) is 9.11. The summed E-state index contributed by atoms with van der Waals surface area (Å²) in [5.41, 5.74) is 2.00. The average molecular weight is 262 g/mol. The lowest BCUT2D eigenvalue weighted by Gasteiger charge is -2.11. The predicted molar refractivity (Wildman–Crippen MR) is 76.5 cm³/mol. The highest BCUT2D eigenvalue weighted by Crippen LogP contribution is 2.19. The molecule has 0 amide bonds. The number of anilines is 1. The molecule has 0 saturated carbocycles. The lowest BCUT2D eigenvalue weighted by Crippen LogP contribution is -2.19. The van der Waals surface area contributed by atoms with Crippen molar-refractivity contribution in [1.29, 1.82) is 0 Å². The van der Waals surface area contributed by atoms with Crippen molar-refractivity contribution in [3.05, 3.63) is 24.2 Å². The SMILES string of the molecule is CCCC(O)CNc1nccn2nc(C(C)C)cc12. The molecular formula is C14H22N4O. The van der Waals surface area contributed by atoms with Gasteiger partial charge in [0.1, 0.15) is 5.52 Å². The lowest BCUT2D eigenvalue weighted by molar-refractivity contribution is 0.176. The average Bonchev–Trinajstić information content (AvgIpc) is 2.81. The Morgan fingerprint density at radius 3 is 2.89 bits per heavy atom. The van der Waals surface area contributed by atoms with E-state index >= 15 is 0 Å². The molecule has 0 saturated heterocycles. The lowest BCUT2D eigenvalue weighted by atomic mass is 10.1. The van der Waals surface area contributed by atoms with E-state index in [0.717, 1.165) is 29.9 Å². The summed E-state index contributed by atoms with van der Waals surface area (Å²) in [7, 11) is 0. The van der Waals surface area contributed by atoms with E-state index in [1.807, 2.05) is 16.8 Å². The zero-order valence-corrected chi connectivity index (χ0v) is 11.8. The van der Waals surface area contributed by atoms with Crippen LogP contribution in [0.5, 0.6) is 0 Å². The van der Waals surface area contributed by atoms with Gasteiger partial charge in [0.05, 0.1) is 11.8 Å². The predicted octanol–water partition coefficient (Wildman–Crippen LogP) is 2.43. The quantitative estimate of drug-likeness (QED) is 0.839. The third-order valence-electron chi connectivity index (χ3n) is 3.13. The first kappa shape index (κ1) is 13.8. The maximum absolute atomic E-state index is 9.76. The van der Waals surface area contributed by atoms with Crippen LogP contribution in [0, 0.1) is 0 Å². The third kappa shape index (κ3) is 3.23. The number of aliphatic hydroxyl groups excluding tert-OH is 1. The van der Waals surface area contributed by atoms with Gasteiger partial charge in [-0.15, -0.1) is 0 Å². The van der Waals surface area contributed by atoms with E-state index < -0.39 is 0 Å². The van der Waals surface area contributed by atoms with Crippen molar-refractivity contribution in [2.24, 2.45) is 0 Å². The Morgan fingerprint density at radius 1 is 1.42 bits per heavy atom. The number of hydrogen-bond donors (Lipinski definition) is 2. The van der Waals surface area contributed by atoms with Gasteiger partial charge in [-0.25, -0.2) is 9.50 Å². The molecule has 0 fully saturated rings. The second-order valence-corrected chi connectivity index (χ2v) is 5.15. The fraction of sp³-hybridized carbons (Fsp3) is 0.571. The second kappa shape index (κ2) is 6.02. The first-order valence-electron chi connectivity index (χ1n) is 6.88. The Morgan fingerprint density at radius 2 is 2.21 bits per heavy atom. The highest BCUT2D eigenvalue weighted by Gasteiger charge is 2.10. The molecule has 2 N–H and O–H groups in total. The van der Waals surface area contributed by atoms with Gasteiger partial charge >= 0.3 is 0 Å². The molecule has 0 aromatic carbocycles. The molecule has 104 valence electrons. The van der Waals surface area contributed by atoms with E-state index in [4.69, 9.17) is 0 Å². The van der Waals surface area contributed by atoms with Crippen LogP contribution in [0.1, 0.15) is 45.2 Å². The van der Waals surface area contributed by atoms with E-state index in [1.165, 1.54) is 0 Å². The smallest absolute Gasteiger partial charge is 0.152 e. The molecule has 2 aromatic rings. The van der Waals surface area contributed by atoms with Gasteiger partial charge in [0, 0.05) is 18.9 Å². The minimum atomic E-state index is -0.334. The van der Waals surface area contributed by atoms with Gasteiger partial charge in [0.25, 0.3) is 0 Å². The van der Waals surface area contributed by atoms with Crippen LogP contribution < -0.4 is 5.32 Å². The number of hydrogen-bond acceptors (Lipinski definition) is 4. The summed E-state index contributed by atoms with van der Waals surface area (Å²) in [6.07, 6.45) is 5.00. The maximum Gasteiger partial charge on any atom is 0.152 e. The fourth-order valence-corrected chi connectivity index (χ4v) is 2.01. The second-order valence-electron chi connectivity index (χ2n) is 5.15. The molecule has 0 radical (unpaired) electrons. The van der Waals surface area contributed by atoms with Crippen LogP contribution >= 0.6 is 0 Å². The van der Waals surface area contributed by atoms with E-state index in [1.54, 1.807) is 6.20 Å². The zero-order valence-electron chi connectivity index (χ0n) is 11.8. The molecule has 2 aromatic heterocycles. The van der Waals surface area contributed by atoms with Crippen LogP contribution in [0.2, 0.25) is 0 Å². The molecule has 0 aliphatic rings. The Labute approximate surface area is 113 Å². The van der Waals surface area contributed by atoms with Crippen LogP contribution in [-0.2, 0) is 0 Å². The molecular weight excluding hydrogens is 240 g/mol. The molecule has 0 aliphatic heterocycles. The van der Waals surface area contributed by atoms with Crippen molar-refractivity contribution in [2.75, 3.05) is 11.9 Å².